The molecule has 3 rings (SSSR count). The van der Waals surface area contributed by atoms with Gasteiger partial charge in [0.15, 0.2) is 0 Å². The van der Waals surface area contributed by atoms with E-state index in [0.29, 0.717) is 0 Å². The lowest BCUT2D eigenvalue weighted by atomic mass is 9.80. The number of nitrogens with zero attached hydrogens (tertiary/aromatic N) is 1. The predicted molar refractivity (Wildman–Crippen MR) is 85.1 cm³/mol. The van der Waals surface area contributed by atoms with Gasteiger partial charge in [0.2, 0.25) is 0 Å². The molecular weight excluding hydrogens is 264 g/mol. The number of methoxy groups -OCH3 is 2. The Morgan fingerprint density at radius 3 is 2.71 bits per heavy atom. The molecular formula is C17H22N2O2. The standard InChI is InChI=1S/C17H22N2O2/c1-12-10-14(18-11-17(21-3)8-5-9-17)13-6-4-7-15(20-2)16(13)19-12/h4,6-7,10H,5,8-9,11H2,1-3H3,(H,18,19). The predicted octanol–water partition coefficient (Wildman–Crippen LogP) is 3.53. The van der Waals surface area contributed by atoms with E-state index in [-0.39, 0.29) is 5.60 Å². The molecule has 112 valence electrons. The third kappa shape index (κ3) is 2.56. The van der Waals surface area contributed by atoms with Gasteiger partial charge in [-0.1, -0.05) is 12.1 Å². The second kappa shape index (κ2) is 5.53. The van der Waals surface area contributed by atoms with Gasteiger partial charge in [-0.15, -0.1) is 0 Å². The van der Waals surface area contributed by atoms with E-state index < -0.39 is 0 Å². The fraction of sp³-hybridized carbons (Fsp3) is 0.471. The average Bonchev–Trinajstić information content (AvgIpc) is 2.45. The number of pyridine rings is 1. The molecule has 1 aromatic heterocycles. The van der Waals surface area contributed by atoms with Gasteiger partial charge in [0.1, 0.15) is 11.3 Å². The van der Waals surface area contributed by atoms with Crippen molar-refractivity contribution in [3.63, 3.8) is 0 Å². The molecule has 1 heterocycles. The number of rotatable bonds is 5. The van der Waals surface area contributed by atoms with E-state index in [0.717, 1.165) is 47.4 Å². The Labute approximate surface area is 125 Å². The van der Waals surface area contributed by atoms with Gasteiger partial charge < -0.3 is 14.8 Å². The van der Waals surface area contributed by atoms with Crippen LogP contribution in [0.4, 0.5) is 5.69 Å². The van der Waals surface area contributed by atoms with Crippen molar-refractivity contribution >= 4 is 16.6 Å². The maximum Gasteiger partial charge on any atom is 0.145 e. The molecule has 0 aliphatic heterocycles. The molecule has 2 aromatic rings. The van der Waals surface area contributed by atoms with Gasteiger partial charge in [0.05, 0.1) is 12.7 Å². The molecule has 0 radical (unpaired) electrons. The first-order valence-electron chi connectivity index (χ1n) is 7.41. The van der Waals surface area contributed by atoms with Gasteiger partial charge in [0, 0.05) is 30.4 Å². The summed E-state index contributed by atoms with van der Waals surface area (Å²) in [6.07, 6.45) is 3.50. The second-order valence-corrected chi connectivity index (χ2v) is 5.76. The van der Waals surface area contributed by atoms with Crippen molar-refractivity contribution in [2.75, 3.05) is 26.1 Å². The molecule has 1 aromatic carbocycles. The summed E-state index contributed by atoms with van der Waals surface area (Å²) >= 11 is 0. The quantitative estimate of drug-likeness (QED) is 0.913. The van der Waals surface area contributed by atoms with E-state index >= 15 is 0 Å². The highest BCUT2D eigenvalue weighted by Gasteiger charge is 2.36. The van der Waals surface area contributed by atoms with Crippen LogP contribution in [0.2, 0.25) is 0 Å². The van der Waals surface area contributed by atoms with Crippen molar-refractivity contribution in [3.05, 3.63) is 30.0 Å². The fourth-order valence-electron chi connectivity index (χ4n) is 2.94. The first-order chi connectivity index (χ1) is 10.2. The van der Waals surface area contributed by atoms with E-state index in [2.05, 4.69) is 22.4 Å². The van der Waals surface area contributed by atoms with E-state index in [1.807, 2.05) is 19.1 Å². The van der Waals surface area contributed by atoms with Gasteiger partial charge in [-0.3, -0.25) is 0 Å². The van der Waals surface area contributed by atoms with E-state index in [1.54, 1.807) is 14.2 Å². The molecule has 1 N–H and O–H groups in total. The molecule has 0 bridgehead atoms. The Bertz CT molecular complexity index is 645. The summed E-state index contributed by atoms with van der Waals surface area (Å²) in [4.78, 5) is 4.61. The molecule has 1 fully saturated rings. The summed E-state index contributed by atoms with van der Waals surface area (Å²) in [5.41, 5.74) is 2.99. The highest BCUT2D eigenvalue weighted by atomic mass is 16.5. The van der Waals surface area contributed by atoms with Crippen LogP contribution in [0.1, 0.15) is 25.0 Å². The molecule has 0 amide bonds. The molecule has 4 nitrogen and oxygen atoms in total. The fourth-order valence-corrected chi connectivity index (χ4v) is 2.94. The van der Waals surface area contributed by atoms with Crippen molar-refractivity contribution in [1.82, 2.24) is 4.98 Å². The molecule has 0 saturated heterocycles. The van der Waals surface area contributed by atoms with Gasteiger partial charge in [-0.25, -0.2) is 4.98 Å². The van der Waals surface area contributed by atoms with Crippen molar-refractivity contribution in [2.45, 2.75) is 31.8 Å². The lowest BCUT2D eigenvalue weighted by Gasteiger charge is -2.40. The third-order valence-corrected chi connectivity index (χ3v) is 4.45. The highest BCUT2D eigenvalue weighted by molar-refractivity contribution is 5.95. The largest absolute Gasteiger partial charge is 0.494 e. The van der Waals surface area contributed by atoms with Crippen molar-refractivity contribution in [3.8, 4) is 5.75 Å². The number of aryl methyl sites for hydroxylation is 1. The highest BCUT2D eigenvalue weighted by Crippen LogP contribution is 2.36. The van der Waals surface area contributed by atoms with Crippen molar-refractivity contribution < 1.29 is 9.47 Å². The Morgan fingerprint density at radius 1 is 1.29 bits per heavy atom. The van der Waals surface area contributed by atoms with Crippen LogP contribution < -0.4 is 10.1 Å². The summed E-state index contributed by atoms with van der Waals surface area (Å²) < 4.78 is 11.1. The molecule has 0 atom stereocenters. The lowest BCUT2D eigenvalue weighted by molar-refractivity contribution is -0.0601. The van der Waals surface area contributed by atoms with E-state index in [1.165, 1.54) is 6.42 Å². The molecule has 21 heavy (non-hydrogen) atoms. The van der Waals surface area contributed by atoms with Crippen LogP contribution in [-0.2, 0) is 4.74 Å². The van der Waals surface area contributed by atoms with Gasteiger partial charge >= 0.3 is 0 Å². The molecule has 4 heteroatoms. The number of nitrogens with one attached hydrogen (secondary N) is 1. The number of hydrogen-bond donors (Lipinski definition) is 1. The summed E-state index contributed by atoms with van der Waals surface area (Å²) in [5, 5.41) is 4.64. The SMILES string of the molecule is COc1cccc2c(NCC3(OC)CCC3)cc(C)nc12. The molecule has 1 aliphatic rings. The number of anilines is 1. The van der Waals surface area contributed by atoms with Crippen molar-refractivity contribution in [2.24, 2.45) is 0 Å². The van der Waals surface area contributed by atoms with Gasteiger partial charge in [0.25, 0.3) is 0 Å². The number of fused-ring (bicyclic) bond motifs is 1. The third-order valence-electron chi connectivity index (χ3n) is 4.45. The van der Waals surface area contributed by atoms with Crippen LogP contribution >= 0.6 is 0 Å². The maximum absolute atomic E-state index is 5.68. The average molecular weight is 286 g/mol. The van der Waals surface area contributed by atoms with Gasteiger partial charge in [-0.2, -0.15) is 0 Å². The monoisotopic (exact) mass is 286 g/mol. The van der Waals surface area contributed by atoms with Crippen LogP contribution in [0.25, 0.3) is 10.9 Å². The molecule has 1 aliphatic carbocycles. The topological polar surface area (TPSA) is 43.4 Å². The Kier molecular flexibility index (Phi) is 3.72. The van der Waals surface area contributed by atoms with Crippen LogP contribution in [-0.4, -0.2) is 31.3 Å². The number of ether oxygens (including phenoxy) is 2. The van der Waals surface area contributed by atoms with E-state index in [9.17, 15) is 0 Å². The Balaban J connectivity index is 1.94. The Morgan fingerprint density at radius 2 is 2.10 bits per heavy atom. The first kappa shape index (κ1) is 14.1. The van der Waals surface area contributed by atoms with Crippen molar-refractivity contribution in [1.29, 1.82) is 0 Å². The minimum absolute atomic E-state index is 0.00235. The van der Waals surface area contributed by atoms with Crippen LogP contribution in [0.15, 0.2) is 24.3 Å². The van der Waals surface area contributed by atoms with Crippen LogP contribution in [0.5, 0.6) is 5.75 Å². The summed E-state index contributed by atoms with van der Waals surface area (Å²) in [5.74, 6) is 0.810. The second-order valence-electron chi connectivity index (χ2n) is 5.76. The number of aromatic nitrogens is 1. The van der Waals surface area contributed by atoms with E-state index in [4.69, 9.17) is 9.47 Å². The number of benzene rings is 1. The first-order valence-corrected chi connectivity index (χ1v) is 7.41. The van der Waals surface area contributed by atoms with Crippen LogP contribution in [0.3, 0.4) is 0 Å². The normalized spacial score (nSPS) is 16.5. The zero-order valence-corrected chi connectivity index (χ0v) is 12.9. The summed E-state index contributed by atoms with van der Waals surface area (Å²) in [6.45, 7) is 2.84. The maximum atomic E-state index is 5.68. The zero-order chi connectivity index (χ0) is 14.9. The summed E-state index contributed by atoms with van der Waals surface area (Å²) in [6, 6.07) is 8.11. The minimum Gasteiger partial charge on any atom is -0.494 e. The number of hydrogen-bond acceptors (Lipinski definition) is 4. The number of para-hydroxylation sites is 1. The molecule has 1 saturated carbocycles. The molecule has 0 unspecified atom stereocenters. The zero-order valence-electron chi connectivity index (χ0n) is 12.9. The summed E-state index contributed by atoms with van der Waals surface area (Å²) in [7, 11) is 3.49. The van der Waals surface area contributed by atoms with Gasteiger partial charge in [-0.05, 0) is 38.3 Å². The minimum atomic E-state index is 0.00235. The lowest BCUT2D eigenvalue weighted by Crippen LogP contribution is -2.45. The molecule has 0 spiro atoms. The smallest absolute Gasteiger partial charge is 0.145 e. The Hall–Kier alpha value is -1.81. The van der Waals surface area contributed by atoms with Crippen LogP contribution in [0, 0.1) is 6.92 Å².